The third kappa shape index (κ3) is 3.78. The highest BCUT2D eigenvalue weighted by Gasteiger charge is 2.24. The Kier molecular flexibility index (Phi) is 4.73. The van der Waals surface area contributed by atoms with Crippen molar-refractivity contribution in [2.45, 2.75) is 23.1 Å². The number of sulfonamides is 1. The molecule has 0 saturated carbocycles. The van der Waals surface area contributed by atoms with Crippen LogP contribution in [0.1, 0.15) is 12.8 Å². The van der Waals surface area contributed by atoms with Gasteiger partial charge in [-0.25, -0.2) is 13.1 Å². The van der Waals surface area contributed by atoms with Crippen molar-refractivity contribution in [3.8, 4) is 0 Å². The molecule has 0 bridgehead atoms. The molecule has 0 aliphatic carbocycles. The molecule has 3 N–H and O–H groups in total. The summed E-state index contributed by atoms with van der Waals surface area (Å²) in [6.07, 6.45) is 1.35. The van der Waals surface area contributed by atoms with Crippen LogP contribution in [-0.4, -0.2) is 39.4 Å². The fraction of sp³-hybridized carbons (Fsp3) is 0.455. The molecule has 1 aromatic heterocycles. The highest BCUT2D eigenvalue weighted by atomic mass is 32.2. The van der Waals surface area contributed by atoms with Crippen LogP contribution in [0.3, 0.4) is 0 Å². The number of thiophene rings is 1. The molecule has 20 heavy (non-hydrogen) atoms. The van der Waals surface area contributed by atoms with Crippen molar-refractivity contribution in [1.82, 2.24) is 15.4 Å². The molecular formula is C11H15N3O4S2. The van der Waals surface area contributed by atoms with E-state index in [0.717, 1.165) is 17.8 Å². The van der Waals surface area contributed by atoms with Gasteiger partial charge >= 0.3 is 0 Å². The van der Waals surface area contributed by atoms with Gasteiger partial charge in [0.15, 0.2) is 0 Å². The van der Waals surface area contributed by atoms with Crippen molar-refractivity contribution in [1.29, 1.82) is 0 Å². The highest BCUT2D eigenvalue weighted by molar-refractivity contribution is 7.91. The fourth-order valence-corrected chi connectivity index (χ4v) is 3.82. The number of rotatable bonds is 5. The van der Waals surface area contributed by atoms with Crippen LogP contribution < -0.4 is 15.4 Å². The van der Waals surface area contributed by atoms with Crippen molar-refractivity contribution in [3.05, 3.63) is 17.5 Å². The number of hydrogen-bond donors (Lipinski definition) is 3. The average molecular weight is 317 g/mol. The highest BCUT2D eigenvalue weighted by Crippen LogP contribution is 2.14. The van der Waals surface area contributed by atoms with E-state index in [1.54, 1.807) is 11.4 Å². The smallest absolute Gasteiger partial charge is 0.250 e. The van der Waals surface area contributed by atoms with Crippen molar-refractivity contribution in [3.63, 3.8) is 0 Å². The van der Waals surface area contributed by atoms with Crippen molar-refractivity contribution >= 4 is 33.2 Å². The van der Waals surface area contributed by atoms with Gasteiger partial charge in [0.2, 0.25) is 11.8 Å². The number of hydrogen-bond acceptors (Lipinski definition) is 5. The van der Waals surface area contributed by atoms with Crippen LogP contribution >= 0.6 is 11.3 Å². The van der Waals surface area contributed by atoms with Gasteiger partial charge in [0.05, 0.1) is 6.54 Å². The molecule has 2 heterocycles. The molecule has 1 aliphatic heterocycles. The summed E-state index contributed by atoms with van der Waals surface area (Å²) in [5.41, 5.74) is 0. The zero-order valence-electron chi connectivity index (χ0n) is 10.6. The van der Waals surface area contributed by atoms with Crippen molar-refractivity contribution in [2.24, 2.45) is 0 Å². The molecule has 0 aromatic carbocycles. The zero-order chi connectivity index (χ0) is 14.6. The van der Waals surface area contributed by atoms with Gasteiger partial charge in [0, 0.05) is 6.54 Å². The molecule has 0 radical (unpaired) electrons. The van der Waals surface area contributed by atoms with Crippen LogP contribution in [0, 0.1) is 0 Å². The summed E-state index contributed by atoms with van der Waals surface area (Å²) in [5, 5.41) is 6.79. The summed E-state index contributed by atoms with van der Waals surface area (Å²) in [6, 6.07) is 2.49. The van der Waals surface area contributed by atoms with Crippen LogP contribution in [0.15, 0.2) is 21.7 Å². The average Bonchev–Trinajstić information content (AvgIpc) is 2.94. The van der Waals surface area contributed by atoms with Crippen molar-refractivity contribution < 1.29 is 18.0 Å². The minimum Gasteiger partial charge on any atom is -0.354 e. The van der Waals surface area contributed by atoms with Crippen molar-refractivity contribution in [2.75, 3.05) is 13.1 Å². The van der Waals surface area contributed by atoms with E-state index in [1.165, 1.54) is 6.07 Å². The lowest BCUT2D eigenvalue weighted by molar-refractivity contribution is -0.129. The molecule has 1 aliphatic rings. The van der Waals surface area contributed by atoms with Crippen LogP contribution in [0.4, 0.5) is 0 Å². The van der Waals surface area contributed by atoms with Gasteiger partial charge in [-0.3, -0.25) is 9.59 Å². The monoisotopic (exact) mass is 317 g/mol. The van der Waals surface area contributed by atoms with E-state index in [0.29, 0.717) is 13.0 Å². The number of carbonyl (C=O) groups excluding carboxylic acids is 2. The summed E-state index contributed by atoms with van der Waals surface area (Å²) in [4.78, 5) is 23.1. The second-order valence-electron chi connectivity index (χ2n) is 4.31. The quantitative estimate of drug-likeness (QED) is 0.676. The Morgan fingerprint density at radius 1 is 1.50 bits per heavy atom. The Morgan fingerprint density at radius 2 is 2.30 bits per heavy atom. The van der Waals surface area contributed by atoms with Crippen LogP contribution in [-0.2, 0) is 19.6 Å². The number of nitrogens with one attached hydrogen (secondary N) is 3. The lowest BCUT2D eigenvalue weighted by Crippen LogP contribution is -2.52. The van der Waals surface area contributed by atoms with E-state index in [9.17, 15) is 18.0 Å². The molecule has 9 heteroatoms. The first kappa shape index (κ1) is 14.9. The summed E-state index contributed by atoms with van der Waals surface area (Å²) < 4.78 is 25.9. The van der Waals surface area contributed by atoms with Gasteiger partial charge in [0.25, 0.3) is 10.0 Å². The van der Waals surface area contributed by atoms with Crippen LogP contribution in [0.2, 0.25) is 0 Å². The molecular weight excluding hydrogens is 302 g/mol. The van der Waals surface area contributed by atoms with E-state index in [4.69, 9.17) is 0 Å². The first-order valence-electron chi connectivity index (χ1n) is 6.09. The third-order valence-corrected chi connectivity index (χ3v) is 5.60. The number of piperidine rings is 1. The minimum atomic E-state index is -3.66. The number of amides is 2. The van der Waals surface area contributed by atoms with Gasteiger partial charge in [-0.1, -0.05) is 6.07 Å². The molecule has 110 valence electrons. The van der Waals surface area contributed by atoms with E-state index < -0.39 is 22.0 Å². The first-order chi connectivity index (χ1) is 9.49. The van der Waals surface area contributed by atoms with Gasteiger partial charge in [0.1, 0.15) is 10.3 Å². The van der Waals surface area contributed by atoms with Crippen LogP contribution in [0.5, 0.6) is 0 Å². The first-order valence-corrected chi connectivity index (χ1v) is 8.45. The molecule has 2 rings (SSSR count). The lowest BCUT2D eigenvalue weighted by Gasteiger charge is -2.22. The fourth-order valence-electron chi connectivity index (χ4n) is 1.80. The maximum absolute atomic E-state index is 11.8. The Bertz CT molecular complexity index is 583. The van der Waals surface area contributed by atoms with E-state index in [2.05, 4.69) is 15.4 Å². The zero-order valence-corrected chi connectivity index (χ0v) is 12.2. The molecule has 0 unspecified atom stereocenters. The van der Waals surface area contributed by atoms with E-state index in [-0.39, 0.29) is 16.7 Å². The predicted octanol–water partition coefficient (Wildman–Crippen LogP) is -0.579. The lowest BCUT2D eigenvalue weighted by atomic mass is 10.1. The molecule has 1 aromatic rings. The molecule has 1 saturated heterocycles. The van der Waals surface area contributed by atoms with Crippen LogP contribution in [0.25, 0.3) is 0 Å². The topological polar surface area (TPSA) is 104 Å². The van der Waals surface area contributed by atoms with E-state index >= 15 is 0 Å². The molecule has 2 amide bonds. The van der Waals surface area contributed by atoms with Gasteiger partial charge < -0.3 is 10.6 Å². The van der Waals surface area contributed by atoms with Gasteiger partial charge in [-0.05, 0) is 24.3 Å². The largest absolute Gasteiger partial charge is 0.354 e. The molecule has 0 spiro atoms. The molecule has 1 atom stereocenters. The van der Waals surface area contributed by atoms with E-state index in [1.807, 2.05) is 0 Å². The summed E-state index contributed by atoms with van der Waals surface area (Å²) in [5.74, 6) is -0.752. The molecule has 7 nitrogen and oxygen atoms in total. The third-order valence-electron chi connectivity index (χ3n) is 2.80. The minimum absolute atomic E-state index is 0.153. The van der Waals surface area contributed by atoms with Gasteiger partial charge in [-0.15, -0.1) is 11.3 Å². The second kappa shape index (κ2) is 6.33. The maximum atomic E-state index is 11.8. The molecule has 1 fully saturated rings. The maximum Gasteiger partial charge on any atom is 0.250 e. The Morgan fingerprint density at radius 3 is 2.95 bits per heavy atom. The normalized spacial score (nSPS) is 19.4. The standard InChI is InChI=1S/C11H15N3O4S2/c15-9(14-8-3-1-5-12-11(8)16)7-13-20(17,18)10-4-2-6-19-10/h2,4,6,8,13H,1,3,5,7H2,(H,12,16)(H,14,15)/t8-/m1/s1. The Hall–Kier alpha value is -1.45. The number of carbonyl (C=O) groups is 2. The second-order valence-corrected chi connectivity index (χ2v) is 7.25. The summed E-state index contributed by atoms with van der Waals surface area (Å²) in [7, 11) is -3.66. The SMILES string of the molecule is O=C(CNS(=O)(=O)c1cccs1)N[C@@H]1CCCNC1=O. The Balaban J connectivity index is 1.85. The summed E-state index contributed by atoms with van der Waals surface area (Å²) >= 11 is 1.07. The Labute approximate surface area is 120 Å². The van der Waals surface area contributed by atoms with Gasteiger partial charge in [-0.2, -0.15) is 0 Å². The predicted molar refractivity (Wildman–Crippen MR) is 73.7 cm³/mol. The summed E-state index contributed by atoms with van der Waals surface area (Å²) in [6.45, 7) is 0.222.